The highest BCUT2D eigenvalue weighted by Gasteiger charge is 2.31. The maximum atomic E-state index is 13.3. The third-order valence-corrected chi connectivity index (χ3v) is 3.56. The Labute approximate surface area is 144 Å². The van der Waals surface area contributed by atoms with E-state index in [-0.39, 0.29) is 36.8 Å². The number of alkyl halides is 3. The molecule has 0 bridgehead atoms. The number of hydrogen-bond acceptors (Lipinski definition) is 2. The maximum Gasteiger partial charge on any atom is 0.389 e. The number of rotatable bonds is 4. The predicted octanol–water partition coefficient (Wildman–Crippen LogP) is 4.10. The highest BCUT2D eigenvalue weighted by molar-refractivity contribution is 5.85. The van der Waals surface area contributed by atoms with Crippen molar-refractivity contribution in [3.8, 4) is 0 Å². The summed E-state index contributed by atoms with van der Waals surface area (Å²) in [6.07, 6.45) is -5.45. The second kappa shape index (κ2) is 9.61. The average molecular weight is 381 g/mol. The first-order valence-corrected chi connectivity index (χ1v) is 6.83. The summed E-state index contributed by atoms with van der Waals surface area (Å²) in [7, 11) is 0. The molecule has 1 saturated heterocycles. The summed E-state index contributed by atoms with van der Waals surface area (Å²) in [6, 6.07) is 2.33. The van der Waals surface area contributed by atoms with Gasteiger partial charge in [0.05, 0.1) is 0 Å². The molecule has 1 aliphatic rings. The first kappa shape index (κ1) is 22.4. The van der Waals surface area contributed by atoms with Crippen LogP contribution in [-0.2, 0) is 0 Å². The van der Waals surface area contributed by atoms with Gasteiger partial charge in [-0.3, -0.25) is 4.90 Å². The fourth-order valence-electron chi connectivity index (χ4n) is 2.62. The smallest absolute Gasteiger partial charge is 0.314 e. The van der Waals surface area contributed by atoms with Crippen LogP contribution in [0.15, 0.2) is 18.2 Å². The van der Waals surface area contributed by atoms with E-state index in [0.29, 0.717) is 26.2 Å². The lowest BCUT2D eigenvalue weighted by Gasteiger charge is -2.35. The first-order valence-electron chi connectivity index (χ1n) is 6.83. The lowest BCUT2D eigenvalue weighted by Crippen LogP contribution is -2.45. The minimum absolute atomic E-state index is 0. The van der Waals surface area contributed by atoms with Crippen molar-refractivity contribution < 1.29 is 22.0 Å². The van der Waals surface area contributed by atoms with Crippen LogP contribution in [0, 0.1) is 11.6 Å². The summed E-state index contributed by atoms with van der Waals surface area (Å²) in [5.74, 6) is -1.53. The van der Waals surface area contributed by atoms with Gasteiger partial charge >= 0.3 is 6.18 Å². The number of hydrogen-bond donors (Lipinski definition) is 1. The summed E-state index contributed by atoms with van der Waals surface area (Å²) in [4.78, 5) is 1.84. The molecule has 0 aromatic heterocycles. The van der Waals surface area contributed by atoms with Crippen LogP contribution < -0.4 is 5.32 Å². The molecule has 23 heavy (non-hydrogen) atoms. The fourth-order valence-corrected chi connectivity index (χ4v) is 2.62. The molecule has 1 aromatic carbocycles. The van der Waals surface area contributed by atoms with Crippen molar-refractivity contribution in [1.29, 1.82) is 0 Å². The van der Waals surface area contributed by atoms with Gasteiger partial charge < -0.3 is 5.32 Å². The summed E-state index contributed by atoms with van der Waals surface area (Å²) >= 11 is 0. The van der Waals surface area contributed by atoms with Gasteiger partial charge in [0.15, 0.2) is 0 Å². The zero-order chi connectivity index (χ0) is 15.5. The van der Waals surface area contributed by atoms with Gasteiger partial charge in [-0.05, 0) is 24.1 Å². The molecular formula is C14H19Cl2F5N2. The SMILES string of the molecule is Cl.Cl.Fc1cc(F)cc([C@H](CCC(F)(F)F)N2CCNCC2)c1. The van der Waals surface area contributed by atoms with Gasteiger partial charge in [0.1, 0.15) is 11.6 Å². The number of halogens is 7. The van der Waals surface area contributed by atoms with E-state index < -0.39 is 30.3 Å². The normalized spacial score (nSPS) is 17.1. The van der Waals surface area contributed by atoms with Gasteiger partial charge in [-0.15, -0.1) is 24.8 Å². The predicted molar refractivity (Wildman–Crippen MR) is 83.3 cm³/mol. The molecule has 9 heteroatoms. The summed E-state index contributed by atoms with van der Waals surface area (Å²) in [5.41, 5.74) is 0.263. The van der Waals surface area contributed by atoms with Gasteiger partial charge in [0, 0.05) is 44.7 Å². The van der Waals surface area contributed by atoms with Gasteiger partial charge in [-0.2, -0.15) is 13.2 Å². The van der Waals surface area contributed by atoms with Crippen LogP contribution >= 0.6 is 24.8 Å². The van der Waals surface area contributed by atoms with Crippen molar-refractivity contribution in [2.45, 2.75) is 25.1 Å². The fraction of sp³-hybridized carbons (Fsp3) is 0.571. The van der Waals surface area contributed by atoms with Crippen molar-refractivity contribution in [3.05, 3.63) is 35.4 Å². The molecule has 1 aromatic rings. The first-order chi connectivity index (χ1) is 9.85. The van der Waals surface area contributed by atoms with Crippen molar-refractivity contribution >= 4 is 24.8 Å². The monoisotopic (exact) mass is 380 g/mol. The van der Waals surface area contributed by atoms with Crippen molar-refractivity contribution in [2.75, 3.05) is 26.2 Å². The van der Waals surface area contributed by atoms with Crippen LogP contribution in [0.25, 0.3) is 0 Å². The van der Waals surface area contributed by atoms with Crippen LogP contribution in [-0.4, -0.2) is 37.3 Å². The minimum atomic E-state index is -4.28. The van der Waals surface area contributed by atoms with E-state index >= 15 is 0 Å². The number of nitrogens with one attached hydrogen (secondary N) is 1. The molecular weight excluding hydrogens is 362 g/mol. The Morgan fingerprint density at radius 3 is 2.00 bits per heavy atom. The van der Waals surface area contributed by atoms with Crippen LogP contribution in [0.4, 0.5) is 22.0 Å². The molecule has 0 unspecified atom stereocenters. The lowest BCUT2D eigenvalue weighted by atomic mass is 9.99. The van der Waals surface area contributed by atoms with E-state index in [1.54, 1.807) is 0 Å². The Morgan fingerprint density at radius 1 is 1.00 bits per heavy atom. The molecule has 1 N–H and O–H groups in total. The third-order valence-electron chi connectivity index (χ3n) is 3.56. The summed E-state index contributed by atoms with van der Waals surface area (Å²) in [5, 5.41) is 3.10. The minimum Gasteiger partial charge on any atom is -0.314 e. The second-order valence-electron chi connectivity index (χ2n) is 5.16. The van der Waals surface area contributed by atoms with Gasteiger partial charge in [0.2, 0.25) is 0 Å². The molecule has 1 aliphatic heterocycles. The van der Waals surface area contributed by atoms with E-state index in [0.717, 1.165) is 18.2 Å². The Bertz CT molecular complexity index is 458. The number of benzene rings is 1. The van der Waals surface area contributed by atoms with E-state index in [1.165, 1.54) is 0 Å². The largest absolute Gasteiger partial charge is 0.389 e. The molecule has 0 radical (unpaired) electrons. The summed E-state index contributed by atoms with van der Waals surface area (Å²) in [6.45, 7) is 2.42. The average Bonchev–Trinajstić information content (AvgIpc) is 2.37. The van der Waals surface area contributed by atoms with Crippen LogP contribution in [0.1, 0.15) is 24.4 Å². The molecule has 0 amide bonds. The highest BCUT2D eigenvalue weighted by Crippen LogP contribution is 2.32. The highest BCUT2D eigenvalue weighted by atomic mass is 35.5. The molecule has 2 nitrogen and oxygen atoms in total. The van der Waals surface area contributed by atoms with Crippen molar-refractivity contribution in [3.63, 3.8) is 0 Å². The van der Waals surface area contributed by atoms with Gasteiger partial charge in [0.25, 0.3) is 0 Å². The number of nitrogens with zero attached hydrogens (tertiary/aromatic N) is 1. The lowest BCUT2D eigenvalue weighted by molar-refractivity contribution is -0.138. The molecule has 1 atom stereocenters. The molecule has 0 spiro atoms. The second-order valence-corrected chi connectivity index (χ2v) is 5.16. The van der Waals surface area contributed by atoms with Crippen LogP contribution in [0.2, 0.25) is 0 Å². The Kier molecular flexibility index (Phi) is 9.35. The van der Waals surface area contributed by atoms with E-state index in [1.807, 2.05) is 4.90 Å². The zero-order valence-electron chi connectivity index (χ0n) is 12.2. The molecule has 1 heterocycles. The van der Waals surface area contributed by atoms with E-state index in [4.69, 9.17) is 0 Å². The van der Waals surface area contributed by atoms with Gasteiger partial charge in [-0.25, -0.2) is 8.78 Å². The van der Waals surface area contributed by atoms with E-state index in [9.17, 15) is 22.0 Å². The summed E-state index contributed by atoms with van der Waals surface area (Å²) < 4.78 is 64.1. The van der Waals surface area contributed by atoms with Crippen LogP contribution in [0.3, 0.4) is 0 Å². The quantitative estimate of drug-likeness (QED) is 0.791. The topological polar surface area (TPSA) is 15.3 Å². The Hall–Kier alpha value is -0.630. The third kappa shape index (κ3) is 7.20. The van der Waals surface area contributed by atoms with Crippen molar-refractivity contribution in [1.82, 2.24) is 10.2 Å². The van der Waals surface area contributed by atoms with Gasteiger partial charge in [-0.1, -0.05) is 0 Å². The molecule has 2 rings (SSSR count). The molecule has 1 fully saturated rings. The zero-order valence-corrected chi connectivity index (χ0v) is 13.8. The Balaban J connectivity index is 0.00000242. The molecule has 0 aliphatic carbocycles. The molecule has 0 saturated carbocycles. The van der Waals surface area contributed by atoms with Crippen molar-refractivity contribution in [2.24, 2.45) is 0 Å². The molecule has 134 valence electrons. The Morgan fingerprint density at radius 2 is 1.52 bits per heavy atom. The standard InChI is InChI=1S/C14H17F5N2.2ClH/c15-11-7-10(8-12(16)9-11)13(1-2-14(17,18)19)21-5-3-20-4-6-21;;/h7-9,13,20H,1-6H2;2*1H/t13-;;/m0../s1. The maximum absolute atomic E-state index is 13.3. The number of piperazine rings is 1. The van der Waals surface area contributed by atoms with E-state index in [2.05, 4.69) is 5.32 Å². The van der Waals surface area contributed by atoms with Crippen LogP contribution in [0.5, 0.6) is 0 Å².